The summed E-state index contributed by atoms with van der Waals surface area (Å²) in [6.45, 7) is 6.74. The smallest absolute Gasteiger partial charge is 0.348 e. The number of hydrogen-bond donors (Lipinski definition) is 0. The first-order valence-corrected chi connectivity index (χ1v) is 10.2. The lowest BCUT2D eigenvalue weighted by atomic mass is 10.1. The van der Waals surface area contributed by atoms with Gasteiger partial charge in [-0.25, -0.2) is 9.48 Å². The molecule has 2 aromatic carbocycles. The van der Waals surface area contributed by atoms with E-state index >= 15 is 0 Å². The minimum absolute atomic E-state index is 0.0763. The molecule has 158 valence electrons. The van der Waals surface area contributed by atoms with E-state index in [1.807, 2.05) is 60.7 Å². The number of benzene rings is 2. The largest absolute Gasteiger partial charge is 0.493 e. The molecule has 0 amide bonds. The average Bonchev–Trinajstić information content (AvgIpc) is 3.21. The molecule has 0 saturated carbocycles. The number of carbonyl (C=O) groups excluding carboxylic acids is 1. The molecule has 0 aliphatic carbocycles. The van der Waals surface area contributed by atoms with Crippen LogP contribution in [0, 0.1) is 17.2 Å². The van der Waals surface area contributed by atoms with Gasteiger partial charge >= 0.3 is 5.97 Å². The molecule has 0 atom stereocenters. The molecule has 0 saturated heterocycles. The SMILES string of the molecule is CCOC(=O)/C(C#N)=C/c1cn(-c2ccccc2)nc1-c1ccc(OCC(C)C)cc1. The first kappa shape index (κ1) is 21.8. The molecule has 0 aliphatic rings. The second kappa shape index (κ2) is 10.3. The van der Waals surface area contributed by atoms with E-state index in [9.17, 15) is 10.1 Å². The summed E-state index contributed by atoms with van der Waals surface area (Å²) >= 11 is 0. The molecule has 3 rings (SSSR count). The van der Waals surface area contributed by atoms with E-state index in [4.69, 9.17) is 14.6 Å². The highest BCUT2D eigenvalue weighted by atomic mass is 16.5. The zero-order valence-electron chi connectivity index (χ0n) is 17.9. The lowest BCUT2D eigenvalue weighted by Crippen LogP contribution is -2.06. The lowest BCUT2D eigenvalue weighted by molar-refractivity contribution is -0.137. The van der Waals surface area contributed by atoms with Gasteiger partial charge in [0.1, 0.15) is 17.4 Å². The van der Waals surface area contributed by atoms with Gasteiger partial charge in [-0.05, 0) is 55.3 Å². The highest BCUT2D eigenvalue weighted by molar-refractivity contribution is 5.98. The van der Waals surface area contributed by atoms with Crippen molar-refractivity contribution in [2.75, 3.05) is 13.2 Å². The minimum atomic E-state index is -0.652. The summed E-state index contributed by atoms with van der Waals surface area (Å²) < 4.78 is 12.5. The number of esters is 1. The Morgan fingerprint density at radius 3 is 2.48 bits per heavy atom. The van der Waals surface area contributed by atoms with Crippen molar-refractivity contribution in [3.63, 3.8) is 0 Å². The number of hydrogen-bond acceptors (Lipinski definition) is 5. The molecule has 0 aliphatic heterocycles. The van der Waals surface area contributed by atoms with E-state index in [1.54, 1.807) is 17.8 Å². The zero-order valence-corrected chi connectivity index (χ0v) is 17.9. The molecule has 0 bridgehead atoms. The number of rotatable bonds is 8. The van der Waals surface area contributed by atoms with Crippen molar-refractivity contribution in [1.82, 2.24) is 9.78 Å². The number of nitrogens with zero attached hydrogens (tertiary/aromatic N) is 3. The first-order chi connectivity index (χ1) is 15.0. The molecule has 6 nitrogen and oxygen atoms in total. The summed E-state index contributed by atoms with van der Waals surface area (Å²) in [6.07, 6.45) is 3.31. The maximum absolute atomic E-state index is 12.1. The van der Waals surface area contributed by atoms with Crippen LogP contribution >= 0.6 is 0 Å². The maximum Gasteiger partial charge on any atom is 0.348 e. The van der Waals surface area contributed by atoms with E-state index in [0.29, 0.717) is 23.8 Å². The molecular formula is C25H25N3O3. The van der Waals surface area contributed by atoms with Gasteiger partial charge in [-0.15, -0.1) is 0 Å². The summed E-state index contributed by atoms with van der Waals surface area (Å²) in [4.78, 5) is 12.1. The average molecular weight is 415 g/mol. The van der Waals surface area contributed by atoms with E-state index < -0.39 is 5.97 Å². The summed E-state index contributed by atoms with van der Waals surface area (Å²) in [5.41, 5.74) is 2.93. The Kier molecular flexibility index (Phi) is 7.23. The molecule has 0 fully saturated rings. The third-order valence-corrected chi connectivity index (χ3v) is 4.39. The van der Waals surface area contributed by atoms with Crippen LogP contribution in [0.4, 0.5) is 0 Å². The summed E-state index contributed by atoms with van der Waals surface area (Å²) in [7, 11) is 0. The van der Waals surface area contributed by atoms with Crippen molar-refractivity contribution in [3.8, 4) is 28.8 Å². The van der Waals surface area contributed by atoms with Crippen LogP contribution in [0.25, 0.3) is 23.0 Å². The fraction of sp³-hybridized carbons (Fsp3) is 0.240. The number of aromatic nitrogens is 2. The van der Waals surface area contributed by atoms with Crippen molar-refractivity contribution >= 4 is 12.0 Å². The quantitative estimate of drug-likeness (QED) is 0.292. The molecule has 1 aromatic heterocycles. The molecular weight excluding hydrogens is 390 g/mol. The maximum atomic E-state index is 12.1. The van der Waals surface area contributed by atoms with Crippen molar-refractivity contribution in [2.45, 2.75) is 20.8 Å². The van der Waals surface area contributed by atoms with E-state index in [-0.39, 0.29) is 12.2 Å². The second-order valence-electron chi connectivity index (χ2n) is 7.33. The topological polar surface area (TPSA) is 77.1 Å². The highest BCUT2D eigenvalue weighted by Crippen LogP contribution is 2.28. The third-order valence-electron chi connectivity index (χ3n) is 4.39. The van der Waals surface area contributed by atoms with Crippen molar-refractivity contribution < 1.29 is 14.3 Å². The van der Waals surface area contributed by atoms with Crippen molar-refractivity contribution in [2.24, 2.45) is 5.92 Å². The van der Waals surface area contributed by atoms with Gasteiger partial charge in [-0.2, -0.15) is 10.4 Å². The second-order valence-corrected chi connectivity index (χ2v) is 7.33. The normalized spacial score (nSPS) is 11.3. The fourth-order valence-electron chi connectivity index (χ4n) is 2.90. The molecule has 6 heteroatoms. The Hall–Kier alpha value is -3.85. The molecule has 3 aromatic rings. The lowest BCUT2D eigenvalue weighted by Gasteiger charge is -2.09. The number of carbonyl (C=O) groups is 1. The minimum Gasteiger partial charge on any atom is -0.493 e. The van der Waals surface area contributed by atoms with Crippen LogP contribution in [0.5, 0.6) is 5.75 Å². The van der Waals surface area contributed by atoms with Crippen LogP contribution in [-0.2, 0) is 9.53 Å². The van der Waals surface area contributed by atoms with Gasteiger partial charge < -0.3 is 9.47 Å². The van der Waals surface area contributed by atoms with Crippen LogP contribution < -0.4 is 4.74 Å². The van der Waals surface area contributed by atoms with Gasteiger partial charge in [0.05, 0.1) is 24.6 Å². The fourth-order valence-corrected chi connectivity index (χ4v) is 2.90. The summed E-state index contributed by atoms with van der Waals surface area (Å²) in [6, 6.07) is 19.2. The predicted octanol–water partition coefficient (Wildman–Crippen LogP) is 5.04. The van der Waals surface area contributed by atoms with Gasteiger partial charge in [-0.3, -0.25) is 0 Å². The van der Waals surface area contributed by atoms with Crippen LogP contribution in [0.2, 0.25) is 0 Å². The summed E-state index contributed by atoms with van der Waals surface area (Å²) in [5, 5.41) is 14.2. The van der Waals surface area contributed by atoms with Gasteiger partial charge in [0.25, 0.3) is 0 Å². The third kappa shape index (κ3) is 5.61. The van der Waals surface area contributed by atoms with Gasteiger partial charge in [0.15, 0.2) is 0 Å². The Labute approximate surface area is 182 Å². The molecule has 0 N–H and O–H groups in total. The molecule has 31 heavy (non-hydrogen) atoms. The van der Waals surface area contributed by atoms with Crippen LogP contribution in [0.1, 0.15) is 26.3 Å². The molecule has 0 spiro atoms. The Bertz CT molecular complexity index is 1090. The highest BCUT2D eigenvalue weighted by Gasteiger charge is 2.16. The van der Waals surface area contributed by atoms with Crippen LogP contribution in [0.15, 0.2) is 66.4 Å². The van der Waals surface area contributed by atoms with E-state index in [2.05, 4.69) is 13.8 Å². The molecule has 1 heterocycles. The monoisotopic (exact) mass is 415 g/mol. The Balaban J connectivity index is 2.03. The van der Waals surface area contributed by atoms with Gasteiger partial charge in [-0.1, -0.05) is 32.0 Å². The zero-order chi connectivity index (χ0) is 22.2. The number of para-hydroxylation sites is 1. The van der Waals surface area contributed by atoms with Crippen molar-refractivity contribution in [3.05, 3.63) is 71.9 Å². The number of ether oxygens (including phenoxy) is 2. The van der Waals surface area contributed by atoms with E-state index in [0.717, 1.165) is 17.0 Å². The van der Waals surface area contributed by atoms with Gasteiger partial charge in [0.2, 0.25) is 0 Å². The van der Waals surface area contributed by atoms with Crippen LogP contribution in [0.3, 0.4) is 0 Å². The molecule has 0 radical (unpaired) electrons. The first-order valence-electron chi connectivity index (χ1n) is 10.2. The molecule has 0 unspecified atom stereocenters. The summed E-state index contributed by atoms with van der Waals surface area (Å²) in [5.74, 6) is 0.562. The standard InChI is InChI=1S/C25H25N3O3/c1-4-30-25(29)20(15-26)14-21-16-28(22-8-6-5-7-9-22)27-24(21)19-10-12-23(13-11-19)31-17-18(2)3/h5-14,16,18H,4,17H2,1-3H3/b20-14+. The predicted molar refractivity (Wildman–Crippen MR) is 120 cm³/mol. The van der Waals surface area contributed by atoms with Crippen molar-refractivity contribution in [1.29, 1.82) is 5.26 Å². The Morgan fingerprint density at radius 2 is 1.87 bits per heavy atom. The van der Waals surface area contributed by atoms with Crippen LogP contribution in [-0.4, -0.2) is 29.0 Å². The number of nitriles is 1. The Morgan fingerprint density at radius 1 is 1.16 bits per heavy atom. The van der Waals surface area contributed by atoms with Gasteiger partial charge in [0, 0.05) is 17.3 Å². The van der Waals surface area contributed by atoms with E-state index in [1.165, 1.54) is 6.08 Å².